The lowest BCUT2D eigenvalue weighted by Crippen LogP contribution is -1.94. The lowest BCUT2D eigenvalue weighted by atomic mass is 9.96. The SMILES string of the molecule is Cc1ccc(-c2ccccc2/C=C/c2ccc3c(sc4ccccc43)c2C2C=CC=N2)nc1. The molecule has 0 N–H and O–H groups in total. The standard InChI is InChI=1S/C30H22N2S/c1-20-12-17-26(32-19-20)23-8-3-2-7-21(23)13-14-22-15-16-25-24-9-4-5-11-28(24)33-30(25)29(22)27-10-6-18-31-27/h2-19,27H,1H3/b14-13+. The molecule has 1 unspecified atom stereocenters. The van der Waals surface area contributed by atoms with Crippen molar-refractivity contribution in [1.29, 1.82) is 0 Å². The second-order valence-electron chi connectivity index (χ2n) is 8.31. The van der Waals surface area contributed by atoms with Crippen LogP contribution in [0.15, 0.2) is 96.1 Å². The van der Waals surface area contributed by atoms with E-state index >= 15 is 0 Å². The van der Waals surface area contributed by atoms with Crippen molar-refractivity contribution in [3.63, 3.8) is 0 Å². The van der Waals surface area contributed by atoms with Crippen molar-refractivity contribution < 1.29 is 0 Å². The number of nitrogens with zero attached hydrogens (tertiary/aromatic N) is 2. The van der Waals surface area contributed by atoms with Gasteiger partial charge in [0.1, 0.15) is 0 Å². The summed E-state index contributed by atoms with van der Waals surface area (Å²) >= 11 is 1.86. The third kappa shape index (κ3) is 3.61. The zero-order valence-corrected chi connectivity index (χ0v) is 19.1. The molecule has 0 aliphatic carbocycles. The summed E-state index contributed by atoms with van der Waals surface area (Å²) in [6.45, 7) is 2.06. The van der Waals surface area contributed by atoms with Crippen LogP contribution < -0.4 is 0 Å². The molecule has 2 nitrogen and oxygen atoms in total. The fourth-order valence-corrected chi connectivity index (χ4v) is 5.77. The molecule has 1 atom stereocenters. The summed E-state index contributed by atoms with van der Waals surface area (Å²) in [6.07, 6.45) is 12.5. The maximum atomic E-state index is 4.74. The van der Waals surface area contributed by atoms with E-state index in [-0.39, 0.29) is 6.04 Å². The van der Waals surface area contributed by atoms with Gasteiger partial charge in [-0.1, -0.05) is 78.9 Å². The zero-order chi connectivity index (χ0) is 22.2. The molecule has 3 heterocycles. The molecule has 0 radical (unpaired) electrons. The lowest BCUT2D eigenvalue weighted by molar-refractivity contribution is 0.946. The number of benzene rings is 3. The van der Waals surface area contributed by atoms with Gasteiger partial charge in [0.05, 0.1) is 11.7 Å². The third-order valence-corrected chi connectivity index (χ3v) is 7.35. The first kappa shape index (κ1) is 19.8. The highest BCUT2D eigenvalue weighted by atomic mass is 32.1. The average molecular weight is 443 g/mol. The van der Waals surface area contributed by atoms with Crippen LogP contribution in [-0.2, 0) is 0 Å². The molecule has 1 aliphatic rings. The summed E-state index contributed by atoms with van der Waals surface area (Å²) in [5, 5.41) is 2.62. The summed E-state index contributed by atoms with van der Waals surface area (Å²) in [5.74, 6) is 0. The number of fused-ring (bicyclic) bond motifs is 3. The highest BCUT2D eigenvalue weighted by molar-refractivity contribution is 7.26. The Morgan fingerprint density at radius 1 is 0.818 bits per heavy atom. The first-order valence-electron chi connectivity index (χ1n) is 11.1. The van der Waals surface area contributed by atoms with Crippen molar-refractivity contribution in [1.82, 2.24) is 4.98 Å². The van der Waals surface area contributed by atoms with E-state index in [2.05, 4.69) is 103 Å². The predicted molar refractivity (Wildman–Crippen MR) is 143 cm³/mol. The van der Waals surface area contributed by atoms with Crippen LogP contribution in [0.4, 0.5) is 0 Å². The van der Waals surface area contributed by atoms with Crippen molar-refractivity contribution in [3.05, 3.63) is 113 Å². The molecule has 158 valence electrons. The van der Waals surface area contributed by atoms with Crippen LogP contribution >= 0.6 is 11.3 Å². The Bertz CT molecular complexity index is 1560. The molecule has 1 aliphatic heterocycles. The zero-order valence-electron chi connectivity index (χ0n) is 18.3. The van der Waals surface area contributed by atoms with Gasteiger partial charge in [0.15, 0.2) is 0 Å². The van der Waals surface area contributed by atoms with Gasteiger partial charge in [0.2, 0.25) is 0 Å². The molecule has 0 spiro atoms. The van der Waals surface area contributed by atoms with E-state index in [0.717, 1.165) is 16.8 Å². The second-order valence-corrected chi connectivity index (χ2v) is 9.36. The van der Waals surface area contributed by atoms with E-state index in [9.17, 15) is 0 Å². The summed E-state index contributed by atoms with van der Waals surface area (Å²) in [4.78, 5) is 9.39. The van der Waals surface area contributed by atoms with Gasteiger partial charge in [0, 0.05) is 43.7 Å². The molecular formula is C30H22N2S. The van der Waals surface area contributed by atoms with E-state index < -0.39 is 0 Å². The van der Waals surface area contributed by atoms with Gasteiger partial charge in [-0.25, -0.2) is 0 Å². The highest BCUT2D eigenvalue weighted by Crippen LogP contribution is 2.41. The predicted octanol–water partition coefficient (Wildman–Crippen LogP) is 8.28. The molecular weight excluding hydrogens is 420 g/mol. The Kier molecular flexibility index (Phi) is 4.97. The summed E-state index contributed by atoms with van der Waals surface area (Å²) in [6, 6.07) is 25.8. The minimum Gasteiger partial charge on any atom is -0.281 e. The fourth-order valence-electron chi connectivity index (χ4n) is 4.48. The normalized spacial score (nSPS) is 15.4. The number of hydrogen-bond acceptors (Lipinski definition) is 3. The number of pyridine rings is 1. The fraction of sp³-hybridized carbons (Fsp3) is 0.0667. The van der Waals surface area contributed by atoms with Gasteiger partial charge in [-0.2, -0.15) is 0 Å². The van der Waals surface area contributed by atoms with Gasteiger partial charge < -0.3 is 0 Å². The van der Waals surface area contributed by atoms with E-state index in [1.807, 2.05) is 29.8 Å². The Morgan fingerprint density at radius 3 is 2.52 bits per heavy atom. The Labute approximate surface area is 197 Å². The number of aromatic nitrogens is 1. The van der Waals surface area contributed by atoms with Gasteiger partial charge in [0.25, 0.3) is 0 Å². The van der Waals surface area contributed by atoms with Crippen LogP contribution in [0.25, 0.3) is 43.6 Å². The van der Waals surface area contributed by atoms with E-state index in [1.165, 1.54) is 36.9 Å². The highest BCUT2D eigenvalue weighted by Gasteiger charge is 2.19. The Hall–Kier alpha value is -3.82. The largest absolute Gasteiger partial charge is 0.281 e. The molecule has 0 amide bonds. The molecule has 2 aromatic heterocycles. The minimum atomic E-state index is 0.0513. The van der Waals surface area contributed by atoms with Crippen LogP contribution in [0, 0.1) is 6.92 Å². The van der Waals surface area contributed by atoms with Crippen LogP contribution in [0.5, 0.6) is 0 Å². The smallest absolute Gasteiger partial charge is 0.0953 e. The average Bonchev–Trinajstić information content (AvgIpc) is 3.51. The van der Waals surface area contributed by atoms with Crippen molar-refractivity contribution in [2.24, 2.45) is 4.99 Å². The maximum Gasteiger partial charge on any atom is 0.0953 e. The van der Waals surface area contributed by atoms with E-state index in [1.54, 1.807) is 0 Å². The van der Waals surface area contributed by atoms with Crippen LogP contribution in [-0.4, -0.2) is 11.2 Å². The first-order valence-corrected chi connectivity index (χ1v) is 11.9. The molecule has 0 bridgehead atoms. The summed E-state index contributed by atoms with van der Waals surface area (Å²) in [5.41, 5.74) is 6.93. The first-order chi connectivity index (χ1) is 16.3. The minimum absolute atomic E-state index is 0.0513. The molecule has 6 rings (SSSR count). The molecule has 0 saturated heterocycles. The second kappa shape index (κ2) is 8.27. The summed E-state index contributed by atoms with van der Waals surface area (Å²) in [7, 11) is 0. The monoisotopic (exact) mass is 442 g/mol. The van der Waals surface area contributed by atoms with Gasteiger partial charge in [-0.15, -0.1) is 11.3 Å². The Morgan fingerprint density at radius 2 is 1.67 bits per heavy atom. The topological polar surface area (TPSA) is 25.2 Å². The van der Waals surface area contributed by atoms with Gasteiger partial charge >= 0.3 is 0 Å². The molecule has 3 aromatic carbocycles. The van der Waals surface area contributed by atoms with Crippen molar-refractivity contribution >= 4 is 49.9 Å². The summed E-state index contributed by atoms with van der Waals surface area (Å²) < 4.78 is 2.64. The van der Waals surface area contributed by atoms with Crippen molar-refractivity contribution in [3.8, 4) is 11.3 Å². The van der Waals surface area contributed by atoms with Crippen LogP contribution in [0.3, 0.4) is 0 Å². The van der Waals surface area contributed by atoms with E-state index in [4.69, 9.17) is 4.99 Å². The molecule has 0 fully saturated rings. The molecule has 0 saturated carbocycles. The van der Waals surface area contributed by atoms with Gasteiger partial charge in [-0.05, 0) is 41.8 Å². The number of hydrogen-bond donors (Lipinski definition) is 0. The number of rotatable bonds is 4. The third-order valence-electron chi connectivity index (χ3n) is 6.13. The lowest BCUT2D eigenvalue weighted by Gasteiger charge is -2.12. The number of allylic oxidation sites excluding steroid dienone is 1. The van der Waals surface area contributed by atoms with Crippen LogP contribution in [0.2, 0.25) is 0 Å². The Balaban J connectivity index is 1.50. The van der Waals surface area contributed by atoms with E-state index in [0.29, 0.717) is 0 Å². The maximum absolute atomic E-state index is 4.74. The number of aliphatic imine (C=N–C) groups is 1. The number of aryl methyl sites for hydroxylation is 1. The molecule has 3 heteroatoms. The quantitative estimate of drug-likeness (QED) is 0.257. The van der Waals surface area contributed by atoms with Crippen molar-refractivity contribution in [2.45, 2.75) is 13.0 Å². The molecule has 5 aromatic rings. The van der Waals surface area contributed by atoms with Gasteiger partial charge in [-0.3, -0.25) is 9.98 Å². The van der Waals surface area contributed by atoms with Crippen molar-refractivity contribution in [2.75, 3.05) is 0 Å². The van der Waals surface area contributed by atoms with Crippen LogP contribution in [0.1, 0.15) is 28.3 Å². The molecule has 33 heavy (non-hydrogen) atoms. The number of thiophene rings is 1.